The number of hydrogen-bond acceptors (Lipinski definition) is 8. The number of aryl methyl sites for hydroxylation is 1. The number of nitro benzene ring substituents is 1. The van der Waals surface area contributed by atoms with Gasteiger partial charge in [0.25, 0.3) is 5.69 Å². The van der Waals surface area contributed by atoms with Gasteiger partial charge in [-0.1, -0.05) is 6.92 Å². The molecule has 3 rings (SSSR count). The topological polar surface area (TPSA) is 162 Å². The van der Waals surface area contributed by atoms with E-state index in [4.69, 9.17) is 11.0 Å². The summed E-state index contributed by atoms with van der Waals surface area (Å²) in [5.74, 6) is 0.400. The van der Waals surface area contributed by atoms with Crippen molar-refractivity contribution in [2.75, 3.05) is 37.3 Å². The van der Waals surface area contributed by atoms with E-state index in [0.29, 0.717) is 49.4 Å². The van der Waals surface area contributed by atoms with E-state index >= 15 is 0 Å². The number of H-pyrrole nitrogens is 1. The number of piperidine rings is 1. The van der Waals surface area contributed by atoms with E-state index in [9.17, 15) is 18.5 Å². The lowest BCUT2D eigenvalue weighted by atomic mass is 10.0. The molecule has 2 heterocycles. The van der Waals surface area contributed by atoms with Crippen molar-refractivity contribution in [1.29, 1.82) is 5.26 Å². The Hall–Kier alpha value is -3.17. The van der Waals surface area contributed by atoms with Crippen LogP contribution in [0.2, 0.25) is 0 Å². The maximum absolute atomic E-state index is 13.0. The predicted molar refractivity (Wildman–Crippen MR) is 120 cm³/mol. The Morgan fingerprint density at radius 1 is 1.47 bits per heavy atom. The van der Waals surface area contributed by atoms with E-state index in [1.54, 1.807) is 11.9 Å². The molecule has 1 aromatic heterocycles. The number of nitrogens with two attached hydrogens (primary N) is 1. The molecule has 3 N–H and O–H groups in total. The van der Waals surface area contributed by atoms with Gasteiger partial charge >= 0.3 is 0 Å². The third-order valence-corrected chi connectivity index (χ3v) is 7.57. The highest BCUT2D eigenvalue weighted by Gasteiger charge is 2.31. The minimum Gasteiger partial charge on any atom is -0.381 e. The van der Waals surface area contributed by atoms with Gasteiger partial charge in [-0.2, -0.15) is 14.7 Å². The second-order valence-electron chi connectivity index (χ2n) is 8.12. The smallest absolute Gasteiger partial charge is 0.293 e. The quantitative estimate of drug-likeness (QED) is 0.447. The zero-order valence-electron chi connectivity index (χ0n) is 18.1. The van der Waals surface area contributed by atoms with Crippen LogP contribution in [0, 0.1) is 27.4 Å². The molecule has 2 aromatic rings. The number of anilines is 2. The number of nitro groups is 1. The van der Waals surface area contributed by atoms with Crippen LogP contribution in [0.1, 0.15) is 37.4 Å². The molecule has 32 heavy (non-hydrogen) atoms. The number of nitrogen functional groups attached to an aromatic ring is 1. The van der Waals surface area contributed by atoms with E-state index in [0.717, 1.165) is 18.9 Å². The molecule has 0 aliphatic carbocycles. The van der Waals surface area contributed by atoms with Crippen molar-refractivity contribution in [3.8, 4) is 6.07 Å². The maximum atomic E-state index is 13.0. The summed E-state index contributed by atoms with van der Waals surface area (Å²) in [6.07, 6.45) is 2.82. The van der Waals surface area contributed by atoms with Gasteiger partial charge in [-0.15, -0.1) is 0 Å². The Morgan fingerprint density at radius 3 is 2.88 bits per heavy atom. The molecule has 1 aliphatic heterocycles. The van der Waals surface area contributed by atoms with Crippen LogP contribution >= 0.6 is 0 Å². The summed E-state index contributed by atoms with van der Waals surface area (Å²) >= 11 is 0. The van der Waals surface area contributed by atoms with Crippen LogP contribution in [0.5, 0.6) is 0 Å². The molecule has 1 unspecified atom stereocenters. The normalized spacial score (nSPS) is 17.1. The molecule has 172 valence electrons. The molecular formula is C20H27N7O4S. The first-order valence-corrected chi connectivity index (χ1v) is 11.8. The van der Waals surface area contributed by atoms with Crippen LogP contribution in [0.4, 0.5) is 17.2 Å². The number of nitrogens with one attached hydrogen (secondary N) is 1. The minimum absolute atomic E-state index is 0.0675. The number of hydrogen-bond donors (Lipinski definition) is 2. The van der Waals surface area contributed by atoms with Gasteiger partial charge in [-0.25, -0.2) is 8.42 Å². The Kier molecular flexibility index (Phi) is 7.00. The summed E-state index contributed by atoms with van der Waals surface area (Å²) in [7, 11) is -2.09. The predicted octanol–water partition coefficient (Wildman–Crippen LogP) is 2.26. The molecule has 1 fully saturated rings. The van der Waals surface area contributed by atoms with Gasteiger partial charge in [-0.05, 0) is 43.7 Å². The monoisotopic (exact) mass is 461 g/mol. The fraction of sp³-hybridized carbons (Fsp3) is 0.500. The third kappa shape index (κ3) is 4.84. The van der Waals surface area contributed by atoms with Crippen LogP contribution in [0.15, 0.2) is 23.1 Å². The first kappa shape index (κ1) is 23.5. The molecule has 1 aliphatic rings. The Bertz CT molecular complexity index is 1140. The molecule has 1 atom stereocenters. The molecule has 12 heteroatoms. The summed E-state index contributed by atoms with van der Waals surface area (Å²) in [6, 6.07) is 6.05. The molecule has 0 radical (unpaired) electrons. The van der Waals surface area contributed by atoms with Crippen molar-refractivity contribution in [3.05, 3.63) is 39.6 Å². The van der Waals surface area contributed by atoms with Crippen LogP contribution in [0.3, 0.4) is 0 Å². The summed E-state index contributed by atoms with van der Waals surface area (Å²) in [5, 5.41) is 27.4. The van der Waals surface area contributed by atoms with E-state index in [1.165, 1.54) is 16.4 Å². The number of nitriles is 1. The maximum Gasteiger partial charge on any atom is 0.293 e. The van der Waals surface area contributed by atoms with Crippen LogP contribution < -0.4 is 10.6 Å². The molecule has 1 aromatic carbocycles. The largest absolute Gasteiger partial charge is 0.381 e. The SMILES string of the molecule is CC1CCCN(S(=O)(=O)c2ccc(N(C)CCCc3[nH]nc(N)c3C#N)c([N+](=O)[O-])c2)C1. The highest BCUT2D eigenvalue weighted by molar-refractivity contribution is 7.89. The lowest BCUT2D eigenvalue weighted by Crippen LogP contribution is -2.39. The van der Waals surface area contributed by atoms with Gasteiger partial charge in [0.05, 0.1) is 15.5 Å². The van der Waals surface area contributed by atoms with Gasteiger partial charge < -0.3 is 10.6 Å². The van der Waals surface area contributed by atoms with E-state index in [-0.39, 0.29) is 22.3 Å². The van der Waals surface area contributed by atoms with Crippen LogP contribution in [0.25, 0.3) is 0 Å². The number of aromatic amines is 1. The number of rotatable bonds is 8. The molecule has 0 amide bonds. The first-order valence-electron chi connectivity index (χ1n) is 10.4. The summed E-state index contributed by atoms with van der Waals surface area (Å²) in [4.78, 5) is 12.8. The zero-order valence-corrected chi connectivity index (χ0v) is 18.9. The average molecular weight is 462 g/mol. The second kappa shape index (κ2) is 9.54. The van der Waals surface area contributed by atoms with E-state index < -0.39 is 14.9 Å². The number of nitrogens with zero attached hydrogens (tertiary/aromatic N) is 5. The molecule has 0 saturated carbocycles. The van der Waals surface area contributed by atoms with Crippen molar-refractivity contribution in [2.24, 2.45) is 5.92 Å². The first-order chi connectivity index (χ1) is 15.1. The standard InChI is InChI=1S/C20H27N7O4S/c1-14-5-3-10-26(13-14)32(30,31)15-7-8-18(19(11-15)27(28)29)25(2)9-4-6-17-16(12-21)20(22)24-23-17/h7-8,11,14H,3-6,9-10,13H2,1-2H3,(H3,22,23,24). The summed E-state index contributed by atoms with van der Waals surface area (Å²) < 4.78 is 27.5. The Balaban J connectivity index is 1.76. The second-order valence-corrected chi connectivity index (χ2v) is 10.1. The van der Waals surface area contributed by atoms with E-state index in [1.807, 2.05) is 13.0 Å². The molecule has 0 bridgehead atoms. The molecule has 1 saturated heterocycles. The minimum atomic E-state index is -3.79. The van der Waals surface area contributed by atoms with Gasteiger partial charge in [0, 0.05) is 32.7 Å². The lowest BCUT2D eigenvalue weighted by Gasteiger charge is -2.30. The van der Waals surface area contributed by atoms with Crippen molar-refractivity contribution < 1.29 is 13.3 Å². The van der Waals surface area contributed by atoms with Crippen molar-refractivity contribution in [2.45, 2.75) is 37.5 Å². The lowest BCUT2D eigenvalue weighted by molar-refractivity contribution is -0.384. The number of aromatic nitrogens is 2. The van der Waals surface area contributed by atoms with Crippen LogP contribution in [-0.2, 0) is 16.4 Å². The van der Waals surface area contributed by atoms with Crippen molar-refractivity contribution in [3.63, 3.8) is 0 Å². The number of benzene rings is 1. The van der Waals surface area contributed by atoms with Crippen LogP contribution in [-0.4, -0.2) is 54.5 Å². The highest BCUT2D eigenvalue weighted by atomic mass is 32.2. The molecular weight excluding hydrogens is 434 g/mol. The third-order valence-electron chi connectivity index (χ3n) is 5.71. The average Bonchev–Trinajstić information content (AvgIpc) is 3.12. The Labute approximate surface area is 187 Å². The fourth-order valence-electron chi connectivity index (χ4n) is 3.96. The summed E-state index contributed by atoms with van der Waals surface area (Å²) in [5.41, 5.74) is 6.62. The van der Waals surface area contributed by atoms with E-state index in [2.05, 4.69) is 10.2 Å². The molecule has 11 nitrogen and oxygen atoms in total. The van der Waals surface area contributed by atoms with Crippen molar-refractivity contribution >= 4 is 27.2 Å². The summed E-state index contributed by atoms with van der Waals surface area (Å²) in [6.45, 7) is 3.28. The Morgan fingerprint density at radius 2 is 2.22 bits per heavy atom. The van der Waals surface area contributed by atoms with Crippen molar-refractivity contribution in [1.82, 2.24) is 14.5 Å². The zero-order chi connectivity index (χ0) is 23.5. The van der Waals surface area contributed by atoms with Gasteiger partial charge in [-0.3, -0.25) is 15.2 Å². The van der Waals surface area contributed by atoms with Gasteiger partial charge in [0.2, 0.25) is 10.0 Å². The van der Waals surface area contributed by atoms with Gasteiger partial charge in [0.1, 0.15) is 17.3 Å². The number of sulfonamides is 1. The fourth-order valence-corrected chi connectivity index (χ4v) is 5.58. The molecule has 0 spiro atoms. The highest BCUT2D eigenvalue weighted by Crippen LogP contribution is 2.32. The van der Waals surface area contributed by atoms with Gasteiger partial charge in [0.15, 0.2) is 5.82 Å².